The molecule has 0 aromatic heterocycles. The third kappa shape index (κ3) is 4.49. The molecule has 52 valence electrons. The summed E-state index contributed by atoms with van der Waals surface area (Å²) in [5, 5.41) is 0. The quantitative estimate of drug-likeness (QED) is 0.428. The average molecular weight is 161 g/mol. The topological polar surface area (TPSA) is 0 Å². The van der Waals surface area contributed by atoms with Crippen molar-refractivity contribution < 1.29 is 0 Å². The number of hydrogen-bond donors (Lipinski definition) is 0. The van der Waals surface area contributed by atoms with Crippen LogP contribution in [0, 0.1) is 0 Å². The van der Waals surface area contributed by atoms with Crippen molar-refractivity contribution in [3.8, 4) is 0 Å². The van der Waals surface area contributed by atoms with Gasteiger partial charge in [-0.15, -0.1) is 36.2 Å². The molecule has 0 bridgehead atoms. The van der Waals surface area contributed by atoms with Gasteiger partial charge in [-0.3, -0.25) is 0 Å². The average Bonchev–Trinajstić information content (AvgIpc) is 1.91. The maximum Gasteiger partial charge on any atom is 0.0838 e. The summed E-state index contributed by atoms with van der Waals surface area (Å²) in [5.41, 5.74) is 4.08. The summed E-state index contributed by atoms with van der Waals surface area (Å²) in [7, 11) is -0.766. The molecule has 0 unspecified atom stereocenters. The predicted octanol–water partition coefficient (Wildman–Crippen LogP) is 2.29. The standard InChI is InChI=1S/C7H13ClSi/c1-3-9(4-2)7-5-6-8/h3-4,9H,1-2,5-7H2. The molecule has 0 aliphatic heterocycles. The lowest BCUT2D eigenvalue weighted by Crippen LogP contribution is -2.03. The molecule has 0 nitrogen and oxygen atoms in total. The van der Waals surface area contributed by atoms with Crippen molar-refractivity contribution in [2.45, 2.75) is 12.5 Å². The maximum absolute atomic E-state index is 5.51. The third-order valence-electron chi connectivity index (χ3n) is 1.28. The molecule has 0 atom stereocenters. The third-order valence-corrected chi connectivity index (χ3v) is 3.83. The fourth-order valence-corrected chi connectivity index (χ4v) is 2.40. The second-order valence-corrected chi connectivity index (χ2v) is 5.19. The van der Waals surface area contributed by atoms with E-state index in [1.54, 1.807) is 0 Å². The first-order valence-electron chi connectivity index (χ1n) is 3.16. The monoisotopic (exact) mass is 160 g/mol. The molecule has 0 aromatic carbocycles. The van der Waals surface area contributed by atoms with Crippen LogP contribution >= 0.6 is 11.6 Å². The van der Waals surface area contributed by atoms with Crippen LogP contribution in [0.1, 0.15) is 6.42 Å². The fourth-order valence-electron chi connectivity index (χ4n) is 0.645. The minimum atomic E-state index is -0.766. The van der Waals surface area contributed by atoms with E-state index in [2.05, 4.69) is 13.2 Å². The minimum absolute atomic E-state index is 0.766. The molecule has 0 spiro atoms. The van der Waals surface area contributed by atoms with Crippen LogP contribution < -0.4 is 0 Å². The zero-order valence-electron chi connectivity index (χ0n) is 5.65. The first kappa shape index (κ1) is 8.99. The van der Waals surface area contributed by atoms with Crippen LogP contribution in [-0.2, 0) is 0 Å². The first-order valence-corrected chi connectivity index (χ1v) is 5.84. The van der Waals surface area contributed by atoms with Gasteiger partial charge in [0.1, 0.15) is 0 Å². The van der Waals surface area contributed by atoms with Crippen molar-refractivity contribution in [1.29, 1.82) is 0 Å². The summed E-state index contributed by atoms with van der Waals surface area (Å²) >= 11 is 5.51. The van der Waals surface area contributed by atoms with Crippen molar-refractivity contribution in [2.75, 3.05) is 5.88 Å². The predicted molar refractivity (Wildman–Crippen MR) is 47.7 cm³/mol. The van der Waals surface area contributed by atoms with Gasteiger partial charge in [0.25, 0.3) is 0 Å². The summed E-state index contributed by atoms with van der Waals surface area (Å²) < 4.78 is 0. The van der Waals surface area contributed by atoms with Crippen LogP contribution in [-0.4, -0.2) is 14.7 Å². The van der Waals surface area contributed by atoms with E-state index in [0.717, 1.165) is 12.3 Å². The molecule has 0 saturated carbocycles. The van der Waals surface area contributed by atoms with E-state index < -0.39 is 8.80 Å². The van der Waals surface area contributed by atoms with E-state index >= 15 is 0 Å². The Bertz CT molecular complexity index is 82.9. The lowest BCUT2D eigenvalue weighted by atomic mass is 10.6. The Hall–Kier alpha value is -0.0131. The smallest absolute Gasteiger partial charge is 0.0838 e. The zero-order chi connectivity index (χ0) is 7.11. The van der Waals surface area contributed by atoms with Crippen LogP contribution in [0.4, 0.5) is 0 Å². The molecule has 0 N–H and O–H groups in total. The van der Waals surface area contributed by atoms with E-state index in [9.17, 15) is 0 Å². The van der Waals surface area contributed by atoms with Gasteiger partial charge in [-0.05, 0) is 6.42 Å². The fraction of sp³-hybridized carbons (Fsp3) is 0.429. The van der Waals surface area contributed by atoms with E-state index in [0.29, 0.717) is 0 Å². The molecule has 0 rings (SSSR count). The van der Waals surface area contributed by atoms with Gasteiger partial charge >= 0.3 is 0 Å². The Morgan fingerprint density at radius 1 is 1.33 bits per heavy atom. The first-order chi connectivity index (χ1) is 4.35. The Kier molecular flexibility index (Phi) is 6.10. The second kappa shape index (κ2) is 6.11. The van der Waals surface area contributed by atoms with E-state index in [1.807, 2.05) is 11.4 Å². The summed E-state index contributed by atoms with van der Waals surface area (Å²) in [4.78, 5) is 0. The van der Waals surface area contributed by atoms with Gasteiger partial charge in [0.15, 0.2) is 0 Å². The normalized spacial score (nSPS) is 9.56. The molecule has 0 fully saturated rings. The van der Waals surface area contributed by atoms with Gasteiger partial charge in [0.05, 0.1) is 8.80 Å². The van der Waals surface area contributed by atoms with Gasteiger partial charge in [-0.25, -0.2) is 0 Å². The number of hydrogen-bond acceptors (Lipinski definition) is 0. The highest BCUT2D eigenvalue weighted by Gasteiger charge is 1.97. The minimum Gasteiger partial charge on any atom is -0.127 e. The van der Waals surface area contributed by atoms with Crippen LogP contribution in [0.2, 0.25) is 6.04 Å². The van der Waals surface area contributed by atoms with Gasteiger partial charge in [0, 0.05) is 5.88 Å². The summed E-state index contributed by atoms with van der Waals surface area (Å²) in [6, 6.07) is 1.22. The highest BCUT2D eigenvalue weighted by atomic mass is 35.5. The summed E-state index contributed by atoms with van der Waals surface area (Å²) in [5.74, 6) is 0.769. The van der Waals surface area contributed by atoms with E-state index in [-0.39, 0.29) is 0 Å². The second-order valence-electron chi connectivity index (χ2n) is 1.97. The highest BCUT2D eigenvalue weighted by molar-refractivity contribution is 6.69. The molecule has 0 radical (unpaired) electrons. The molecule has 0 amide bonds. The van der Waals surface area contributed by atoms with Gasteiger partial charge in [0.2, 0.25) is 0 Å². The van der Waals surface area contributed by atoms with Crippen molar-refractivity contribution in [3.63, 3.8) is 0 Å². The lowest BCUT2D eigenvalue weighted by molar-refractivity contribution is 1.08. The molecule has 0 heterocycles. The largest absolute Gasteiger partial charge is 0.127 e. The molecule has 0 saturated heterocycles. The molecular weight excluding hydrogens is 148 g/mol. The van der Waals surface area contributed by atoms with Gasteiger partial charge in [-0.1, -0.05) is 6.04 Å². The van der Waals surface area contributed by atoms with Crippen LogP contribution in [0.5, 0.6) is 0 Å². The van der Waals surface area contributed by atoms with Crippen molar-refractivity contribution >= 4 is 20.4 Å². The molecule has 0 aliphatic rings. The van der Waals surface area contributed by atoms with E-state index in [1.165, 1.54) is 6.04 Å². The Morgan fingerprint density at radius 2 is 1.89 bits per heavy atom. The Labute approximate surface area is 63.8 Å². The number of alkyl halides is 1. The Morgan fingerprint density at radius 3 is 2.22 bits per heavy atom. The number of rotatable bonds is 5. The van der Waals surface area contributed by atoms with Gasteiger partial charge in [-0.2, -0.15) is 0 Å². The van der Waals surface area contributed by atoms with Crippen molar-refractivity contribution in [2.24, 2.45) is 0 Å². The van der Waals surface area contributed by atoms with E-state index in [4.69, 9.17) is 11.6 Å². The SMILES string of the molecule is C=C[SiH](C=C)CCCCl. The molecule has 0 aliphatic carbocycles. The van der Waals surface area contributed by atoms with Crippen LogP contribution in [0.15, 0.2) is 24.6 Å². The summed E-state index contributed by atoms with van der Waals surface area (Å²) in [6.07, 6.45) is 1.11. The maximum atomic E-state index is 5.51. The van der Waals surface area contributed by atoms with Crippen molar-refractivity contribution in [3.05, 3.63) is 24.6 Å². The van der Waals surface area contributed by atoms with Crippen molar-refractivity contribution in [1.82, 2.24) is 0 Å². The molecule has 9 heavy (non-hydrogen) atoms. The molecular formula is C7H13ClSi. The van der Waals surface area contributed by atoms with Crippen LogP contribution in [0.25, 0.3) is 0 Å². The Balaban J connectivity index is 3.30. The molecule has 0 aromatic rings. The number of halogens is 1. The lowest BCUT2D eigenvalue weighted by Gasteiger charge is -2.00. The highest BCUT2D eigenvalue weighted by Crippen LogP contribution is 2.00. The van der Waals surface area contributed by atoms with Crippen LogP contribution in [0.3, 0.4) is 0 Å². The van der Waals surface area contributed by atoms with Gasteiger partial charge < -0.3 is 0 Å². The molecule has 2 heteroatoms. The summed E-state index contributed by atoms with van der Waals surface area (Å²) in [6.45, 7) is 7.46. The zero-order valence-corrected chi connectivity index (χ0v) is 7.56.